The van der Waals surface area contributed by atoms with Crippen molar-refractivity contribution in [3.63, 3.8) is 0 Å². The molecule has 90 valence electrons. The lowest BCUT2D eigenvalue weighted by Crippen LogP contribution is -2.11. The van der Waals surface area contributed by atoms with Gasteiger partial charge in [0.1, 0.15) is 6.54 Å². The van der Waals surface area contributed by atoms with E-state index in [1.807, 2.05) is 22.6 Å². The van der Waals surface area contributed by atoms with E-state index in [2.05, 4.69) is 5.10 Å². The molecule has 1 rings (SSSR count). The van der Waals surface area contributed by atoms with E-state index in [0.29, 0.717) is 9.26 Å². The van der Waals surface area contributed by atoms with Crippen LogP contribution in [0.2, 0.25) is 0 Å². The second kappa shape index (κ2) is 5.55. The van der Waals surface area contributed by atoms with Crippen molar-refractivity contribution in [2.75, 3.05) is 6.61 Å². The number of hydrogen-bond acceptors (Lipinski definition) is 3. The maximum absolute atomic E-state index is 12.2. The topological polar surface area (TPSA) is 44.1 Å². The Morgan fingerprint density at radius 2 is 2.25 bits per heavy atom. The zero-order valence-electron chi connectivity index (χ0n) is 8.84. The third kappa shape index (κ3) is 2.89. The van der Waals surface area contributed by atoms with Crippen LogP contribution in [0.4, 0.5) is 8.78 Å². The molecule has 0 N–H and O–H groups in total. The van der Waals surface area contributed by atoms with Gasteiger partial charge in [-0.3, -0.25) is 4.68 Å². The summed E-state index contributed by atoms with van der Waals surface area (Å²) in [5.41, 5.74) is 0.643. The molecule has 1 aromatic rings. The molecule has 1 heterocycles. The Hall–Kier alpha value is -0.730. The van der Waals surface area contributed by atoms with Gasteiger partial charge in [0.15, 0.2) is 5.69 Å². The number of aromatic nitrogens is 2. The van der Waals surface area contributed by atoms with Crippen LogP contribution in [0, 0.1) is 10.5 Å². The van der Waals surface area contributed by atoms with Gasteiger partial charge in [-0.1, -0.05) is 0 Å². The lowest BCUT2D eigenvalue weighted by Gasteiger charge is -2.01. The molecular weight excluding hydrogens is 333 g/mol. The SMILES string of the molecule is CCOC(=O)c1nn(CC(F)F)c(C)c1I. The van der Waals surface area contributed by atoms with Crippen molar-refractivity contribution >= 4 is 28.6 Å². The number of alkyl halides is 2. The van der Waals surface area contributed by atoms with Crippen LogP contribution < -0.4 is 0 Å². The van der Waals surface area contributed by atoms with E-state index >= 15 is 0 Å². The Bertz CT molecular complexity index is 393. The Kier molecular flexibility index (Phi) is 4.63. The molecular formula is C9H11F2IN2O2. The van der Waals surface area contributed by atoms with Gasteiger partial charge in [-0.2, -0.15) is 5.10 Å². The highest BCUT2D eigenvalue weighted by atomic mass is 127. The highest BCUT2D eigenvalue weighted by Crippen LogP contribution is 2.18. The molecule has 0 saturated heterocycles. The summed E-state index contributed by atoms with van der Waals surface area (Å²) in [5, 5.41) is 3.82. The molecule has 0 aliphatic heterocycles. The lowest BCUT2D eigenvalue weighted by molar-refractivity contribution is 0.0515. The maximum Gasteiger partial charge on any atom is 0.359 e. The fraction of sp³-hybridized carbons (Fsp3) is 0.556. The van der Waals surface area contributed by atoms with Crippen LogP contribution in [0.1, 0.15) is 23.1 Å². The number of esters is 1. The van der Waals surface area contributed by atoms with Gasteiger partial charge in [-0.25, -0.2) is 13.6 Å². The normalized spacial score (nSPS) is 10.9. The van der Waals surface area contributed by atoms with Crippen LogP contribution in [0.25, 0.3) is 0 Å². The Morgan fingerprint density at radius 1 is 1.62 bits per heavy atom. The van der Waals surface area contributed by atoms with Crippen molar-refractivity contribution < 1.29 is 18.3 Å². The zero-order chi connectivity index (χ0) is 12.3. The predicted octanol–water partition coefficient (Wildman–Crippen LogP) is 2.24. The van der Waals surface area contributed by atoms with E-state index in [9.17, 15) is 13.6 Å². The minimum atomic E-state index is -2.50. The van der Waals surface area contributed by atoms with Crippen LogP contribution in [0.15, 0.2) is 0 Å². The van der Waals surface area contributed by atoms with Gasteiger partial charge in [0.05, 0.1) is 10.2 Å². The van der Waals surface area contributed by atoms with Gasteiger partial charge < -0.3 is 4.74 Å². The third-order valence-electron chi connectivity index (χ3n) is 1.91. The predicted molar refractivity (Wildman–Crippen MR) is 61.6 cm³/mol. The van der Waals surface area contributed by atoms with Crippen molar-refractivity contribution in [2.45, 2.75) is 26.8 Å². The Balaban J connectivity index is 2.99. The van der Waals surface area contributed by atoms with Gasteiger partial charge in [-0.15, -0.1) is 0 Å². The molecule has 1 aromatic heterocycles. The van der Waals surface area contributed by atoms with Crippen molar-refractivity contribution in [3.05, 3.63) is 15.0 Å². The van der Waals surface area contributed by atoms with Crippen LogP contribution >= 0.6 is 22.6 Å². The smallest absolute Gasteiger partial charge is 0.359 e. The molecule has 4 nitrogen and oxygen atoms in total. The molecule has 0 atom stereocenters. The molecule has 0 aliphatic carbocycles. The zero-order valence-corrected chi connectivity index (χ0v) is 11.0. The number of ether oxygens (including phenoxy) is 1. The minimum absolute atomic E-state index is 0.0978. The summed E-state index contributed by atoms with van der Waals surface area (Å²) in [7, 11) is 0. The van der Waals surface area contributed by atoms with E-state index in [-0.39, 0.29) is 12.3 Å². The molecule has 0 radical (unpaired) electrons. The first-order chi connectivity index (χ1) is 7.47. The largest absolute Gasteiger partial charge is 0.461 e. The molecule has 0 amide bonds. The molecule has 7 heteroatoms. The van der Waals surface area contributed by atoms with Crippen molar-refractivity contribution in [3.8, 4) is 0 Å². The summed E-state index contributed by atoms with van der Waals surface area (Å²) in [6, 6.07) is 0. The quantitative estimate of drug-likeness (QED) is 0.622. The molecule has 0 saturated carbocycles. The number of rotatable bonds is 4. The van der Waals surface area contributed by atoms with Crippen LogP contribution in [0.3, 0.4) is 0 Å². The molecule has 16 heavy (non-hydrogen) atoms. The molecule has 0 aromatic carbocycles. The first-order valence-corrected chi connectivity index (χ1v) is 5.73. The fourth-order valence-corrected chi connectivity index (χ4v) is 1.77. The van der Waals surface area contributed by atoms with Crippen molar-refractivity contribution in [2.24, 2.45) is 0 Å². The van der Waals surface area contributed by atoms with Crippen molar-refractivity contribution in [1.29, 1.82) is 0 Å². The minimum Gasteiger partial charge on any atom is -0.461 e. The summed E-state index contributed by atoms with van der Waals surface area (Å²) in [4.78, 5) is 11.4. The number of carbonyl (C=O) groups is 1. The Labute approximate surface area is 105 Å². The average molecular weight is 344 g/mol. The average Bonchev–Trinajstić information content (AvgIpc) is 2.46. The van der Waals surface area contributed by atoms with E-state index in [1.165, 1.54) is 0 Å². The molecule has 0 spiro atoms. The van der Waals surface area contributed by atoms with Crippen LogP contribution in [0.5, 0.6) is 0 Å². The lowest BCUT2D eigenvalue weighted by atomic mass is 10.4. The standard InChI is InChI=1S/C9H11F2IN2O2/c1-3-16-9(15)8-7(12)5(2)14(13-8)4-6(10)11/h6H,3-4H2,1-2H3. The highest BCUT2D eigenvalue weighted by Gasteiger charge is 2.21. The first-order valence-electron chi connectivity index (χ1n) is 4.65. The van der Waals surface area contributed by atoms with Gasteiger partial charge in [0, 0.05) is 5.69 Å². The van der Waals surface area contributed by atoms with E-state index < -0.39 is 18.9 Å². The maximum atomic E-state index is 12.2. The third-order valence-corrected chi connectivity index (χ3v) is 3.20. The molecule has 0 fully saturated rings. The van der Waals surface area contributed by atoms with Crippen molar-refractivity contribution in [1.82, 2.24) is 9.78 Å². The van der Waals surface area contributed by atoms with Gasteiger partial charge in [0.25, 0.3) is 6.43 Å². The van der Waals surface area contributed by atoms with Gasteiger partial charge in [0.2, 0.25) is 0 Å². The molecule has 0 aliphatic rings. The number of carbonyl (C=O) groups excluding carboxylic acids is 1. The molecule has 0 bridgehead atoms. The van der Waals surface area contributed by atoms with E-state index in [4.69, 9.17) is 4.74 Å². The van der Waals surface area contributed by atoms with Crippen LogP contribution in [-0.2, 0) is 11.3 Å². The first kappa shape index (κ1) is 13.3. The van der Waals surface area contributed by atoms with E-state index in [0.717, 1.165) is 4.68 Å². The molecule has 0 unspecified atom stereocenters. The summed E-state index contributed by atoms with van der Waals surface area (Å²) < 4.78 is 30.9. The second-order valence-electron chi connectivity index (χ2n) is 3.04. The number of hydrogen-bond donors (Lipinski definition) is 0. The number of nitrogens with zero attached hydrogens (tertiary/aromatic N) is 2. The second-order valence-corrected chi connectivity index (χ2v) is 4.12. The fourth-order valence-electron chi connectivity index (χ4n) is 1.16. The van der Waals surface area contributed by atoms with E-state index in [1.54, 1.807) is 13.8 Å². The Morgan fingerprint density at radius 3 is 2.75 bits per heavy atom. The number of halogens is 3. The summed E-state index contributed by atoms with van der Waals surface area (Å²) in [5.74, 6) is -0.581. The highest BCUT2D eigenvalue weighted by molar-refractivity contribution is 14.1. The summed E-state index contributed by atoms with van der Waals surface area (Å²) >= 11 is 1.90. The summed E-state index contributed by atoms with van der Waals surface area (Å²) in [6.45, 7) is 3.03. The van der Waals surface area contributed by atoms with Gasteiger partial charge >= 0.3 is 5.97 Å². The van der Waals surface area contributed by atoms with Gasteiger partial charge in [-0.05, 0) is 36.4 Å². The monoisotopic (exact) mass is 344 g/mol. The summed E-state index contributed by atoms with van der Waals surface area (Å²) in [6.07, 6.45) is -2.50. The van der Waals surface area contributed by atoms with Crippen LogP contribution in [-0.4, -0.2) is 28.8 Å².